The second-order valence-corrected chi connectivity index (χ2v) is 7.31. The number of carbonyl (C=O) groups excluding carboxylic acids is 1. The van der Waals surface area contributed by atoms with E-state index in [-0.39, 0.29) is 35.9 Å². The number of phenolic OH excluding ortho intramolecular Hbond substituents is 1. The van der Waals surface area contributed by atoms with Crippen molar-refractivity contribution in [2.24, 2.45) is 5.73 Å². The van der Waals surface area contributed by atoms with Crippen LogP contribution in [-0.2, 0) is 27.3 Å². The first-order valence-corrected chi connectivity index (χ1v) is 10.3. The maximum absolute atomic E-state index is 11.6. The fourth-order valence-corrected chi connectivity index (χ4v) is 2.24. The zero-order valence-corrected chi connectivity index (χ0v) is 20.3. The Kier molecular flexibility index (Phi) is 14.1. The largest absolute Gasteiger partial charge is 0.573 e. The Labute approximate surface area is 198 Å². The molecule has 0 bridgehead atoms. The lowest BCUT2D eigenvalue weighted by Crippen LogP contribution is -2.30. The van der Waals surface area contributed by atoms with Gasteiger partial charge in [-0.25, -0.2) is 0 Å². The molecule has 0 radical (unpaired) electrons. The molecular formula is C21H30F3N2O7P. The SMILES string of the molecule is CC(C)OC(=O)C(C)N.Cc1ncc(COP)c(CO)c1O.Oc1ccc(OC(F)(F)F)cc1. The number of nitrogens with zero attached hydrogens (tertiary/aromatic N) is 1. The third kappa shape index (κ3) is 13.1. The first-order valence-electron chi connectivity index (χ1n) is 9.81. The van der Waals surface area contributed by atoms with Gasteiger partial charge in [-0.3, -0.25) is 9.78 Å². The van der Waals surface area contributed by atoms with E-state index in [9.17, 15) is 23.1 Å². The summed E-state index contributed by atoms with van der Waals surface area (Å²) < 4.78 is 47.8. The average molecular weight is 510 g/mol. The second-order valence-electron chi connectivity index (χ2n) is 6.98. The van der Waals surface area contributed by atoms with Crippen molar-refractivity contribution >= 4 is 15.4 Å². The van der Waals surface area contributed by atoms with Crippen LogP contribution in [0.5, 0.6) is 17.2 Å². The number of hydrogen-bond acceptors (Lipinski definition) is 9. The number of aromatic hydroxyl groups is 2. The van der Waals surface area contributed by atoms with Gasteiger partial charge in [-0.1, -0.05) is 0 Å². The molecule has 0 spiro atoms. The van der Waals surface area contributed by atoms with Crippen LogP contribution in [0.15, 0.2) is 30.5 Å². The van der Waals surface area contributed by atoms with Crippen molar-refractivity contribution in [1.82, 2.24) is 4.98 Å². The van der Waals surface area contributed by atoms with Crippen molar-refractivity contribution in [3.8, 4) is 17.2 Å². The predicted octanol–water partition coefficient (Wildman–Crippen LogP) is 3.47. The number of rotatable bonds is 6. The summed E-state index contributed by atoms with van der Waals surface area (Å²) in [5.41, 5.74) is 6.90. The highest BCUT2D eigenvalue weighted by atomic mass is 31.0. The molecule has 0 saturated carbocycles. The van der Waals surface area contributed by atoms with Crippen LogP contribution in [-0.4, -0.2) is 44.8 Å². The Morgan fingerprint density at radius 2 is 1.74 bits per heavy atom. The van der Waals surface area contributed by atoms with Crippen LogP contribution in [0.1, 0.15) is 37.6 Å². The van der Waals surface area contributed by atoms with Gasteiger partial charge in [-0.15, -0.1) is 13.2 Å². The molecule has 0 aliphatic heterocycles. The molecule has 2 aromatic rings. The van der Waals surface area contributed by atoms with Crippen LogP contribution in [0.2, 0.25) is 0 Å². The highest BCUT2D eigenvalue weighted by Gasteiger charge is 2.30. The highest BCUT2D eigenvalue weighted by Crippen LogP contribution is 2.25. The highest BCUT2D eigenvalue weighted by molar-refractivity contribution is 7.09. The number of alkyl halides is 3. The summed E-state index contributed by atoms with van der Waals surface area (Å²) in [6.45, 7) is 6.96. The molecule has 192 valence electrons. The number of hydrogen-bond donors (Lipinski definition) is 4. The summed E-state index contributed by atoms with van der Waals surface area (Å²) in [5.74, 6) is -0.753. The first kappa shape index (κ1) is 31.3. The fraction of sp³-hybridized carbons (Fsp3) is 0.429. The Bertz CT molecular complexity index is 880. The van der Waals surface area contributed by atoms with Crippen molar-refractivity contribution in [2.45, 2.75) is 59.4 Å². The quantitative estimate of drug-likeness (QED) is 0.339. The number of benzene rings is 1. The molecular weight excluding hydrogens is 480 g/mol. The number of esters is 1. The van der Waals surface area contributed by atoms with Gasteiger partial charge in [0, 0.05) is 26.8 Å². The Morgan fingerprint density at radius 3 is 2.12 bits per heavy atom. The molecule has 0 fully saturated rings. The number of pyridine rings is 1. The summed E-state index contributed by atoms with van der Waals surface area (Å²) in [6.07, 6.45) is -3.16. The van der Waals surface area contributed by atoms with E-state index < -0.39 is 12.4 Å². The van der Waals surface area contributed by atoms with E-state index in [2.05, 4.69) is 19.2 Å². The van der Waals surface area contributed by atoms with E-state index in [0.717, 1.165) is 24.3 Å². The maximum Gasteiger partial charge on any atom is 0.573 e. The van der Waals surface area contributed by atoms with Crippen LogP contribution in [0.25, 0.3) is 0 Å². The lowest BCUT2D eigenvalue weighted by molar-refractivity contribution is -0.274. The zero-order valence-electron chi connectivity index (χ0n) is 19.2. The molecule has 0 aliphatic rings. The van der Waals surface area contributed by atoms with Crippen LogP contribution >= 0.6 is 9.47 Å². The monoisotopic (exact) mass is 510 g/mol. The molecule has 34 heavy (non-hydrogen) atoms. The minimum absolute atomic E-state index is 0.0436. The summed E-state index contributed by atoms with van der Waals surface area (Å²) >= 11 is 0. The summed E-state index contributed by atoms with van der Waals surface area (Å²) in [7, 11) is 2.11. The number of halogens is 3. The van der Waals surface area contributed by atoms with E-state index in [0.29, 0.717) is 23.4 Å². The molecule has 9 nitrogen and oxygen atoms in total. The minimum atomic E-state index is -4.68. The molecule has 2 atom stereocenters. The Hall–Kier alpha value is -2.66. The lowest BCUT2D eigenvalue weighted by Gasteiger charge is -2.09. The number of aliphatic hydroxyl groups is 1. The van der Waals surface area contributed by atoms with Gasteiger partial charge >= 0.3 is 12.3 Å². The van der Waals surface area contributed by atoms with Crippen LogP contribution in [0.3, 0.4) is 0 Å². The Balaban J connectivity index is 0.000000490. The zero-order chi connectivity index (χ0) is 26.5. The molecule has 1 aromatic heterocycles. The van der Waals surface area contributed by atoms with Gasteiger partial charge in [-0.05, 0) is 52.0 Å². The van der Waals surface area contributed by atoms with E-state index in [4.69, 9.17) is 25.2 Å². The number of carbonyl (C=O) groups is 1. The van der Waals surface area contributed by atoms with Gasteiger partial charge in [0.25, 0.3) is 0 Å². The minimum Gasteiger partial charge on any atom is -0.508 e. The molecule has 0 saturated heterocycles. The first-order chi connectivity index (χ1) is 15.7. The topological polar surface area (TPSA) is 144 Å². The second kappa shape index (κ2) is 15.3. The van der Waals surface area contributed by atoms with Crippen LogP contribution in [0, 0.1) is 6.92 Å². The van der Waals surface area contributed by atoms with E-state index in [1.165, 1.54) is 0 Å². The summed E-state index contributed by atoms with van der Waals surface area (Å²) in [4.78, 5) is 14.6. The van der Waals surface area contributed by atoms with Gasteiger partial charge in [0.15, 0.2) is 0 Å². The summed E-state index contributed by atoms with van der Waals surface area (Å²) in [6, 6.07) is 3.78. The number of nitrogens with two attached hydrogens (primary N) is 1. The molecule has 1 heterocycles. The molecule has 13 heteroatoms. The number of ether oxygens (including phenoxy) is 2. The third-order valence-corrected chi connectivity index (χ3v) is 3.79. The van der Waals surface area contributed by atoms with Gasteiger partial charge in [0.1, 0.15) is 23.3 Å². The van der Waals surface area contributed by atoms with E-state index >= 15 is 0 Å². The van der Waals surface area contributed by atoms with Crippen molar-refractivity contribution in [1.29, 1.82) is 0 Å². The molecule has 5 N–H and O–H groups in total. The number of aryl methyl sites for hydroxylation is 1. The lowest BCUT2D eigenvalue weighted by atomic mass is 10.1. The average Bonchev–Trinajstić information content (AvgIpc) is 2.72. The number of aliphatic hydroxyl groups excluding tert-OH is 1. The van der Waals surface area contributed by atoms with E-state index in [1.54, 1.807) is 33.9 Å². The number of aromatic nitrogens is 1. The predicted molar refractivity (Wildman–Crippen MR) is 121 cm³/mol. The van der Waals surface area contributed by atoms with Crippen molar-refractivity contribution in [2.75, 3.05) is 0 Å². The summed E-state index contributed by atoms with van der Waals surface area (Å²) in [5, 5.41) is 27.2. The standard InChI is InChI=1S/C8H12NO3P.C7H5F3O2.C6H13NO2/c1-5-8(11)7(3-10)6(2-9-5)4-12-13;8-7(9,10)12-6-3-1-5(11)2-4-6;1-4(2)9-6(8)5(3)7/h2,10-11H,3-4,13H2,1H3;1-4,11H;4-5H,7H2,1-3H3. The fourth-order valence-electron chi connectivity index (χ4n) is 2.06. The van der Waals surface area contributed by atoms with Gasteiger partial charge in [0.2, 0.25) is 0 Å². The molecule has 2 rings (SSSR count). The van der Waals surface area contributed by atoms with Crippen molar-refractivity contribution in [3.63, 3.8) is 0 Å². The van der Waals surface area contributed by atoms with E-state index in [1.807, 2.05) is 0 Å². The molecule has 1 aromatic carbocycles. The smallest absolute Gasteiger partial charge is 0.508 e. The van der Waals surface area contributed by atoms with Crippen molar-refractivity contribution < 1.29 is 47.3 Å². The Morgan fingerprint density at radius 1 is 1.18 bits per heavy atom. The van der Waals surface area contributed by atoms with Gasteiger partial charge in [0.05, 0.1) is 25.0 Å². The molecule has 0 amide bonds. The van der Waals surface area contributed by atoms with Crippen LogP contribution in [0.4, 0.5) is 13.2 Å². The molecule has 2 unspecified atom stereocenters. The molecule has 0 aliphatic carbocycles. The maximum atomic E-state index is 11.6. The third-order valence-electron chi connectivity index (χ3n) is 3.62. The number of phenols is 1. The normalized spacial score (nSPS) is 11.5. The van der Waals surface area contributed by atoms with Crippen LogP contribution < -0.4 is 10.5 Å². The van der Waals surface area contributed by atoms with Gasteiger partial charge < -0.3 is 35.1 Å². The van der Waals surface area contributed by atoms with Crippen molar-refractivity contribution in [3.05, 3.63) is 47.3 Å². The van der Waals surface area contributed by atoms with Gasteiger partial charge in [-0.2, -0.15) is 0 Å².